The summed E-state index contributed by atoms with van der Waals surface area (Å²) in [6.07, 6.45) is 0.282. The summed E-state index contributed by atoms with van der Waals surface area (Å²) in [4.78, 5) is 24.1. The van der Waals surface area contributed by atoms with Crippen LogP contribution in [0.2, 0.25) is 0 Å². The van der Waals surface area contributed by atoms with Crippen LogP contribution < -0.4 is 5.32 Å². The highest BCUT2D eigenvalue weighted by Crippen LogP contribution is 2.22. The van der Waals surface area contributed by atoms with Gasteiger partial charge in [0.05, 0.1) is 19.2 Å². The van der Waals surface area contributed by atoms with E-state index in [0.29, 0.717) is 10.6 Å². The SMILES string of the molecule is COC(=O)c1cc(NC(=O)Cc2cccc3ccccc23)cs1. The average Bonchev–Trinajstić information content (AvgIpc) is 3.03. The van der Waals surface area contributed by atoms with E-state index in [9.17, 15) is 9.59 Å². The normalized spacial score (nSPS) is 10.5. The molecule has 1 N–H and O–H groups in total. The third-order valence-electron chi connectivity index (χ3n) is 3.50. The largest absolute Gasteiger partial charge is 0.465 e. The van der Waals surface area contributed by atoms with Crippen molar-refractivity contribution in [3.05, 3.63) is 64.4 Å². The second-order valence-corrected chi connectivity index (χ2v) is 5.97. The molecule has 1 heterocycles. The molecular weight excluding hydrogens is 310 g/mol. The zero-order valence-corrected chi connectivity index (χ0v) is 13.4. The molecule has 1 amide bonds. The minimum Gasteiger partial charge on any atom is -0.465 e. The van der Waals surface area contributed by atoms with Crippen LogP contribution in [0.25, 0.3) is 10.8 Å². The molecule has 0 atom stereocenters. The Labute approximate surface area is 137 Å². The van der Waals surface area contributed by atoms with Crippen molar-refractivity contribution in [3.8, 4) is 0 Å². The number of esters is 1. The number of rotatable bonds is 4. The van der Waals surface area contributed by atoms with Crippen LogP contribution >= 0.6 is 11.3 Å². The minimum absolute atomic E-state index is 0.115. The smallest absolute Gasteiger partial charge is 0.348 e. The number of amides is 1. The predicted octanol–water partition coefficient (Wildman–Crippen LogP) is 3.87. The van der Waals surface area contributed by atoms with Crippen LogP contribution in [0.15, 0.2) is 53.9 Å². The number of fused-ring (bicyclic) bond motifs is 1. The van der Waals surface area contributed by atoms with E-state index in [1.165, 1.54) is 18.4 Å². The van der Waals surface area contributed by atoms with Crippen molar-refractivity contribution in [1.29, 1.82) is 0 Å². The molecule has 0 bridgehead atoms. The van der Waals surface area contributed by atoms with Crippen molar-refractivity contribution in [3.63, 3.8) is 0 Å². The molecular formula is C18H15NO3S. The number of methoxy groups -OCH3 is 1. The van der Waals surface area contributed by atoms with Gasteiger partial charge in [-0.15, -0.1) is 11.3 Å². The molecule has 0 saturated carbocycles. The van der Waals surface area contributed by atoms with Gasteiger partial charge < -0.3 is 10.1 Å². The molecule has 0 aliphatic carbocycles. The Balaban J connectivity index is 1.74. The van der Waals surface area contributed by atoms with Crippen LogP contribution in [-0.4, -0.2) is 19.0 Å². The maximum absolute atomic E-state index is 12.3. The number of hydrogen-bond acceptors (Lipinski definition) is 4. The molecule has 0 aliphatic rings. The van der Waals surface area contributed by atoms with E-state index < -0.39 is 5.97 Å². The molecule has 0 spiro atoms. The lowest BCUT2D eigenvalue weighted by atomic mass is 10.0. The Morgan fingerprint density at radius 1 is 1.13 bits per heavy atom. The fourth-order valence-corrected chi connectivity index (χ4v) is 3.19. The molecule has 5 heteroatoms. The van der Waals surface area contributed by atoms with Gasteiger partial charge in [0.15, 0.2) is 0 Å². The Kier molecular flexibility index (Phi) is 4.39. The molecule has 0 saturated heterocycles. The molecule has 0 radical (unpaired) electrons. The number of ether oxygens (including phenoxy) is 1. The molecule has 0 fully saturated rings. The van der Waals surface area contributed by atoms with E-state index in [2.05, 4.69) is 10.1 Å². The van der Waals surface area contributed by atoms with Gasteiger partial charge in [-0.1, -0.05) is 42.5 Å². The maximum Gasteiger partial charge on any atom is 0.348 e. The van der Waals surface area contributed by atoms with E-state index in [1.54, 1.807) is 11.4 Å². The number of anilines is 1. The zero-order chi connectivity index (χ0) is 16.2. The quantitative estimate of drug-likeness (QED) is 0.741. The summed E-state index contributed by atoms with van der Waals surface area (Å²) in [7, 11) is 1.33. The lowest BCUT2D eigenvalue weighted by molar-refractivity contribution is -0.115. The zero-order valence-electron chi connectivity index (χ0n) is 12.5. The van der Waals surface area contributed by atoms with Gasteiger partial charge in [0.1, 0.15) is 4.88 Å². The highest BCUT2D eigenvalue weighted by atomic mass is 32.1. The van der Waals surface area contributed by atoms with Gasteiger partial charge in [-0.3, -0.25) is 4.79 Å². The summed E-state index contributed by atoms with van der Waals surface area (Å²) in [6, 6.07) is 15.5. The highest BCUT2D eigenvalue weighted by molar-refractivity contribution is 7.12. The second kappa shape index (κ2) is 6.62. The molecule has 3 rings (SSSR count). The van der Waals surface area contributed by atoms with Gasteiger partial charge in [-0.2, -0.15) is 0 Å². The number of hydrogen-bond donors (Lipinski definition) is 1. The average molecular weight is 325 g/mol. The van der Waals surface area contributed by atoms with Crippen LogP contribution in [0.5, 0.6) is 0 Å². The lowest BCUT2D eigenvalue weighted by Crippen LogP contribution is -2.14. The lowest BCUT2D eigenvalue weighted by Gasteiger charge is -2.07. The Morgan fingerprint density at radius 2 is 1.91 bits per heavy atom. The molecule has 3 aromatic rings. The van der Waals surface area contributed by atoms with E-state index >= 15 is 0 Å². The fourth-order valence-electron chi connectivity index (χ4n) is 2.43. The molecule has 116 valence electrons. The molecule has 2 aromatic carbocycles. The summed E-state index contributed by atoms with van der Waals surface area (Å²) in [5.41, 5.74) is 1.59. The molecule has 1 aromatic heterocycles. The number of thiophene rings is 1. The van der Waals surface area contributed by atoms with Crippen LogP contribution in [-0.2, 0) is 16.0 Å². The Hall–Kier alpha value is -2.66. The van der Waals surface area contributed by atoms with Crippen molar-refractivity contribution in [2.24, 2.45) is 0 Å². The minimum atomic E-state index is -0.399. The van der Waals surface area contributed by atoms with Crippen molar-refractivity contribution in [1.82, 2.24) is 0 Å². The summed E-state index contributed by atoms with van der Waals surface area (Å²) >= 11 is 1.24. The highest BCUT2D eigenvalue weighted by Gasteiger charge is 2.12. The first-order valence-corrected chi connectivity index (χ1v) is 7.98. The molecule has 0 unspecified atom stereocenters. The van der Waals surface area contributed by atoms with Gasteiger partial charge in [0.25, 0.3) is 0 Å². The van der Waals surface area contributed by atoms with Gasteiger partial charge in [0, 0.05) is 5.38 Å². The van der Waals surface area contributed by atoms with Crippen LogP contribution in [0, 0.1) is 0 Å². The predicted molar refractivity (Wildman–Crippen MR) is 91.9 cm³/mol. The van der Waals surface area contributed by atoms with Crippen molar-refractivity contribution >= 4 is 39.7 Å². The first kappa shape index (κ1) is 15.2. The first-order valence-electron chi connectivity index (χ1n) is 7.10. The van der Waals surface area contributed by atoms with E-state index in [1.807, 2.05) is 42.5 Å². The van der Waals surface area contributed by atoms with Gasteiger partial charge in [0.2, 0.25) is 5.91 Å². The first-order chi connectivity index (χ1) is 11.2. The second-order valence-electron chi connectivity index (χ2n) is 5.05. The fraction of sp³-hybridized carbons (Fsp3) is 0.111. The number of carbonyl (C=O) groups is 2. The third-order valence-corrected chi connectivity index (χ3v) is 4.41. The van der Waals surface area contributed by atoms with Crippen molar-refractivity contribution in [2.45, 2.75) is 6.42 Å². The Bertz CT molecular complexity index is 864. The Morgan fingerprint density at radius 3 is 2.74 bits per heavy atom. The maximum atomic E-state index is 12.3. The third kappa shape index (κ3) is 3.40. The van der Waals surface area contributed by atoms with Gasteiger partial charge >= 0.3 is 5.97 Å². The van der Waals surface area contributed by atoms with E-state index in [4.69, 9.17) is 0 Å². The summed E-state index contributed by atoms with van der Waals surface area (Å²) in [6.45, 7) is 0. The van der Waals surface area contributed by atoms with Crippen LogP contribution in [0.3, 0.4) is 0 Å². The molecule has 0 aliphatic heterocycles. The standard InChI is InChI=1S/C18H15NO3S/c1-22-18(21)16-10-14(11-23-16)19-17(20)9-13-7-4-6-12-5-2-3-8-15(12)13/h2-8,10-11H,9H2,1H3,(H,19,20). The summed E-state index contributed by atoms with van der Waals surface area (Å²) < 4.78 is 4.66. The van der Waals surface area contributed by atoms with E-state index in [0.717, 1.165) is 16.3 Å². The molecule has 23 heavy (non-hydrogen) atoms. The molecule has 4 nitrogen and oxygen atoms in total. The van der Waals surface area contributed by atoms with Gasteiger partial charge in [-0.25, -0.2) is 4.79 Å². The monoisotopic (exact) mass is 325 g/mol. The topological polar surface area (TPSA) is 55.4 Å². The number of carbonyl (C=O) groups excluding carboxylic acids is 2. The van der Waals surface area contributed by atoms with Gasteiger partial charge in [-0.05, 0) is 22.4 Å². The van der Waals surface area contributed by atoms with E-state index in [-0.39, 0.29) is 12.3 Å². The van der Waals surface area contributed by atoms with Crippen molar-refractivity contribution < 1.29 is 14.3 Å². The van der Waals surface area contributed by atoms with Crippen molar-refractivity contribution in [2.75, 3.05) is 12.4 Å². The number of nitrogens with one attached hydrogen (secondary N) is 1. The summed E-state index contributed by atoms with van der Waals surface area (Å²) in [5.74, 6) is -0.514. The van der Waals surface area contributed by atoms with Crippen LogP contribution in [0.4, 0.5) is 5.69 Å². The summed E-state index contributed by atoms with van der Waals surface area (Å²) in [5, 5.41) is 6.73. The number of benzene rings is 2. The van der Waals surface area contributed by atoms with Crippen LogP contribution in [0.1, 0.15) is 15.2 Å².